The Hall–Kier alpha value is -1.59. The molecule has 1 aromatic rings. The Morgan fingerprint density at radius 1 is 1.21 bits per heavy atom. The normalized spacial score (nSPS) is 21.6. The molecular weight excluding hydrogens is 304 g/mol. The number of ether oxygens (including phenoxy) is 2. The molecular formula is C19H28N2O3. The van der Waals surface area contributed by atoms with Crippen LogP contribution in [-0.2, 0) is 9.53 Å². The lowest BCUT2D eigenvalue weighted by atomic mass is 9.93. The quantitative estimate of drug-likeness (QED) is 0.806. The van der Waals surface area contributed by atoms with E-state index in [1.807, 2.05) is 24.3 Å². The molecule has 2 aliphatic heterocycles. The average molecular weight is 332 g/mol. The van der Waals surface area contributed by atoms with Crippen molar-refractivity contribution >= 4 is 11.6 Å². The molecule has 3 rings (SSSR count). The molecule has 2 saturated heterocycles. The zero-order chi connectivity index (χ0) is 16.6. The van der Waals surface area contributed by atoms with Crippen LogP contribution < -0.4 is 15.4 Å². The van der Waals surface area contributed by atoms with E-state index in [1.165, 1.54) is 12.8 Å². The summed E-state index contributed by atoms with van der Waals surface area (Å²) in [5.41, 5.74) is 0.828. The summed E-state index contributed by atoms with van der Waals surface area (Å²) in [5, 5.41) is 6.33. The minimum absolute atomic E-state index is 0.0987. The van der Waals surface area contributed by atoms with Gasteiger partial charge in [0.2, 0.25) is 5.91 Å². The van der Waals surface area contributed by atoms with E-state index in [4.69, 9.17) is 9.47 Å². The average Bonchev–Trinajstić information content (AvgIpc) is 3.14. The molecule has 0 aromatic heterocycles. The van der Waals surface area contributed by atoms with Crippen LogP contribution in [0.25, 0.3) is 0 Å². The molecule has 0 radical (unpaired) electrons. The number of anilines is 1. The van der Waals surface area contributed by atoms with Crippen LogP contribution in [0.3, 0.4) is 0 Å². The summed E-state index contributed by atoms with van der Waals surface area (Å²) in [6, 6.07) is 7.59. The second kappa shape index (κ2) is 9.04. The van der Waals surface area contributed by atoms with Crippen molar-refractivity contribution in [1.82, 2.24) is 5.32 Å². The van der Waals surface area contributed by atoms with Crippen molar-refractivity contribution in [1.29, 1.82) is 0 Å². The second-order valence-corrected chi connectivity index (χ2v) is 6.75. The Balaban J connectivity index is 1.37. The van der Waals surface area contributed by atoms with E-state index in [1.54, 1.807) is 0 Å². The maximum absolute atomic E-state index is 12.1. The van der Waals surface area contributed by atoms with Gasteiger partial charge >= 0.3 is 0 Å². The van der Waals surface area contributed by atoms with E-state index in [0.29, 0.717) is 18.9 Å². The van der Waals surface area contributed by atoms with E-state index < -0.39 is 0 Å². The zero-order valence-electron chi connectivity index (χ0n) is 14.3. The van der Waals surface area contributed by atoms with Gasteiger partial charge in [-0.2, -0.15) is 0 Å². The smallest absolute Gasteiger partial charge is 0.224 e. The van der Waals surface area contributed by atoms with Crippen LogP contribution in [0.2, 0.25) is 0 Å². The van der Waals surface area contributed by atoms with E-state index in [9.17, 15) is 4.79 Å². The lowest BCUT2D eigenvalue weighted by molar-refractivity contribution is -0.116. The Morgan fingerprint density at radius 2 is 2.00 bits per heavy atom. The number of benzene rings is 1. The van der Waals surface area contributed by atoms with Crippen molar-refractivity contribution in [3.05, 3.63) is 24.3 Å². The summed E-state index contributed by atoms with van der Waals surface area (Å²) in [6.07, 6.45) is 6.37. The first kappa shape index (κ1) is 17.2. The van der Waals surface area contributed by atoms with Gasteiger partial charge in [-0.25, -0.2) is 0 Å². The summed E-state index contributed by atoms with van der Waals surface area (Å²) in [5.74, 6) is 1.60. The molecule has 132 valence electrons. The molecule has 1 unspecified atom stereocenters. The highest BCUT2D eigenvalue weighted by Crippen LogP contribution is 2.20. The van der Waals surface area contributed by atoms with E-state index in [0.717, 1.165) is 50.4 Å². The number of hydrogen-bond acceptors (Lipinski definition) is 4. The van der Waals surface area contributed by atoms with Crippen LogP contribution in [-0.4, -0.2) is 38.3 Å². The number of hydrogen-bond donors (Lipinski definition) is 2. The van der Waals surface area contributed by atoms with Crippen molar-refractivity contribution in [2.45, 2.75) is 44.6 Å². The molecule has 5 heteroatoms. The van der Waals surface area contributed by atoms with Crippen molar-refractivity contribution < 1.29 is 14.3 Å². The van der Waals surface area contributed by atoms with E-state index >= 15 is 0 Å². The number of carbonyl (C=O) groups is 1. The van der Waals surface area contributed by atoms with E-state index in [2.05, 4.69) is 10.6 Å². The number of nitrogens with one attached hydrogen (secondary N) is 2. The van der Waals surface area contributed by atoms with Gasteiger partial charge in [-0.15, -0.1) is 0 Å². The van der Waals surface area contributed by atoms with Gasteiger partial charge in [0.15, 0.2) is 0 Å². The van der Waals surface area contributed by atoms with Gasteiger partial charge in [0.1, 0.15) is 12.4 Å². The molecule has 2 fully saturated rings. The maximum atomic E-state index is 12.1. The van der Waals surface area contributed by atoms with Gasteiger partial charge in [0.25, 0.3) is 0 Å². The number of amides is 1. The molecule has 0 aliphatic carbocycles. The van der Waals surface area contributed by atoms with Crippen molar-refractivity contribution in [3.63, 3.8) is 0 Å². The molecule has 1 aromatic carbocycles. The predicted octanol–water partition coefficient (Wildman–Crippen LogP) is 2.96. The SMILES string of the molecule is O=C(CCC1CCNCC1)Nc1ccc(OCC2CCCO2)cc1. The van der Waals surface area contributed by atoms with Crippen molar-refractivity contribution in [3.8, 4) is 5.75 Å². The fourth-order valence-electron chi connectivity index (χ4n) is 3.33. The lowest BCUT2D eigenvalue weighted by Crippen LogP contribution is -2.28. The van der Waals surface area contributed by atoms with Gasteiger partial charge in [-0.1, -0.05) is 0 Å². The fourth-order valence-corrected chi connectivity index (χ4v) is 3.33. The summed E-state index contributed by atoms with van der Waals surface area (Å²) in [4.78, 5) is 12.1. The van der Waals surface area contributed by atoms with Crippen LogP contribution in [0.4, 0.5) is 5.69 Å². The molecule has 2 aliphatic rings. The van der Waals surface area contributed by atoms with Gasteiger partial charge in [-0.3, -0.25) is 4.79 Å². The Morgan fingerprint density at radius 3 is 2.71 bits per heavy atom. The van der Waals surface area contributed by atoms with Gasteiger partial charge in [0, 0.05) is 18.7 Å². The number of carbonyl (C=O) groups excluding carboxylic acids is 1. The molecule has 0 spiro atoms. The highest BCUT2D eigenvalue weighted by molar-refractivity contribution is 5.90. The molecule has 24 heavy (non-hydrogen) atoms. The first-order valence-corrected chi connectivity index (χ1v) is 9.14. The number of rotatable bonds is 7. The van der Waals surface area contributed by atoms with Gasteiger partial charge in [0.05, 0.1) is 6.10 Å². The molecule has 2 heterocycles. The van der Waals surface area contributed by atoms with E-state index in [-0.39, 0.29) is 12.0 Å². The van der Waals surface area contributed by atoms with Crippen LogP contribution in [0.15, 0.2) is 24.3 Å². The summed E-state index contributed by atoms with van der Waals surface area (Å²) < 4.78 is 11.3. The Kier molecular flexibility index (Phi) is 6.49. The number of piperidine rings is 1. The molecule has 0 bridgehead atoms. The highest BCUT2D eigenvalue weighted by Gasteiger charge is 2.16. The minimum atomic E-state index is 0.0987. The third-order valence-corrected chi connectivity index (χ3v) is 4.84. The highest BCUT2D eigenvalue weighted by atomic mass is 16.5. The van der Waals surface area contributed by atoms with Crippen LogP contribution >= 0.6 is 0 Å². The van der Waals surface area contributed by atoms with Crippen LogP contribution in [0, 0.1) is 5.92 Å². The maximum Gasteiger partial charge on any atom is 0.224 e. The minimum Gasteiger partial charge on any atom is -0.491 e. The molecule has 1 atom stereocenters. The summed E-state index contributed by atoms with van der Waals surface area (Å²) >= 11 is 0. The summed E-state index contributed by atoms with van der Waals surface area (Å²) in [6.45, 7) is 3.61. The van der Waals surface area contributed by atoms with Gasteiger partial charge in [-0.05, 0) is 75.4 Å². The fraction of sp³-hybridized carbons (Fsp3) is 0.632. The first-order valence-electron chi connectivity index (χ1n) is 9.14. The third kappa shape index (κ3) is 5.49. The standard InChI is InChI=1S/C19H28N2O3/c22-19(8-3-15-9-11-20-12-10-15)21-16-4-6-17(7-5-16)24-14-18-2-1-13-23-18/h4-7,15,18,20H,1-3,8-14H2,(H,21,22). The monoisotopic (exact) mass is 332 g/mol. The largest absolute Gasteiger partial charge is 0.491 e. The lowest BCUT2D eigenvalue weighted by Gasteiger charge is -2.22. The molecule has 5 nitrogen and oxygen atoms in total. The second-order valence-electron chi connectivity index (χ2n) is 6.75. The topological polar surface area (TPSA) is 59.6 Å². The molecule has 2 N–H and O–H groups in total. The molecule has 0 saturated carbocycles. The Labute approximate surface area is 144 Å². The first-order chi connectivity index (χ1) is 11.8. The predicted molar refractivity (Wildman–Crippen MR) is 94.4 cm³/mol. The van der Waals surface area contributed by atoms with Crippen LogP contribution in [0.1, 0.15) is 38.5 Å². The molecule has 1 amide bonds. The zero-order valence-corrected chi connectivity index (χ0v) is 14.3. The van der Waals surface area contributed by atoms with Crippen molar-refractivity contribution in [2.75, 3.05) is 31.6 Å². The third-order valence-electron chi connectivity index (χ3n) is 4.84. The van der Waals surface area contributed by atoms with Gasteiger partial charge < -0.3 is 20.1 Å². The van der Waals surface area contributed by atoms with Crippen molar-refractivity contribution in [2.24, 2.45) is 5.92 Å². The Bertz CT molecular complexity index is 506. The van der Waals surface area contributed by atoms with Crippen LogP contribution in [0.5, 0.6) is 5.75 Å². The summed E-state index contributed by atoms with van der Waals surface area (Å²) in [7, 11) is 0.